The summed E-state index contributed by atoms with van der Waals surface area (Å²) in [4.78, 5) is 7.82. The average Bonchev–Trinajstić information content (AvgIpc) is 2.68. The first-order valence-corrected chi connectivity index (χ1v) is 7.48. The highest BCUT2D eigenvalue weighted by atomic mass is 79.9. The molecule has 0 unspecified atom stereocenters. The summed E-state index contributed by atoms with van der Waals surface area (Å²) in [6.07, 6.45) is 0. The summed E-state index contributed by atoms with van der Waals surface area (Å²) in [5.41, 5.74) is 3.46. The van der Waals surface area contributed by atoms with Crippen LogP contribution in [0.25, 0.3) is 11.4 Å². The van der Waals surface area contributed by atoms with Crippen LogP contribution in [0, 0.1) is 11.6 Å². The molecule has 0 aromatic carbocycles. The fourth-order valence-corrected chi connectivity index (χ4v) is 3.28. The van der Waals surface area contributed by atoms with Crippen molar-refractivity contribution >= 4 is 39.5 Å². The summed E-state index contributed by atoms with van der Waals surface area (Å²) >= 11 is 10.5. The van der Waals surface area contributed by atoms with E-state index in [1.165, 1.54) is 5.56 Å². The number of thiophene rings is 1. The van der Waals surface area contributed by atoms with Gasteiger partial charge in [0.05, 0.1) is 4.47 Å². The molecule has 0 bridgehead atoms. The highest BCUT2D eigenvalue weighted by Crippen LogP contribution is 2.29. The predicted octanol–water partition coefficient (Wildman–Crippen LogP) is 5.06. The summed E-state index contributed by atoms with van der Waals surface area (Å²) < 4.78 is 1.52. The Morgan fingerprint density at radius 3 is 2.65 bits per heavy atom. The molecule has 0 amide bonds. The van der Waals surface area contributed by atoms with Crippen molar-refractivity contribution in [2.24, 2.45) is 0 Å². The van der Waals surface area contributed by atoms with Gasteiger partial charge in [-0.2, -0.15) is 11.3 Å². The second-order valence-corrected chi connectivity index (χ2v) is 6.16. The number of rotatable bonds is 2. The van der Waals surface area contributed by atoms with E-state index >= 15 is 0 Å². The second kappa shape index (κ2) is 5.00. The third-order valence-electron chi connectivity index (χ3n) is 2.58. The number of aryl methyl sites for hydroxylation is 1. The fourth-order valence-electron chi connectivity index (χ4n) is 1.60. The van der Waals surface area contributed by atoms with E-state index in [9.17, 15) is 0 Å². The number of hydrogen-bond donors (Lipinski definition) is 1. The molecular weight excluding hydrogens is 316 g/mol. The van der Waals surface area contributed by atoms with Gasteiger partial charge in [-0.1, -0.05) is 26.1 Å². The molecule has 17 heavy (non-hydrogen) atoms. The van der Waals surface area contributed by atoms with Crippen LogP contribution >= 0.6 is 39.5 Å². The quantitative estimate of drug-likeness (QED) is 0.780. The number of nitrogens with one attached hydrogen (secondary N) is 1. The third kappa shape index (κ3) is 2.51. The predicted molar refractivity (Wildman–Crippen MR) is 79.3 cm³/mol. The third-order valence-corrected chi connectivity index (χ3v) is 4.80. The molecule has 0 spiro atoms. The highest BCUT2D eigenvalue weighted by Gasteiger charge is 2.12. The molecular formula is C12H13BrN2S2. The molecule has 0 saturated carbocycles. The van der Waals surface area contributed by atoms with Crippen LogP contribution in [0.5, 0.6) is 0 Å². The minimum atomic E-state index is 0.381. The summed E-state index contributed by atoms with van der Waals surface area (Å²) in [5.74, 6) is 1.24. The summed E-state index contributed by atoms with van der Waals surface area (Å²) in [6.45, 7) is 6.35. The Bertz CT molecular complexity index is 599. The summed E-state index contributed by atoms with van der Waals surface area (Å²) in [5, 5.41) is 4.21. The molecule has 0 atom stereocenters. The molecule has 2 aromatic rings. The van der Waals surface area contributed by atoms with Crippen molar-refractivity contribution in [1.29, 1.82) is 0 Å². The van der Waals surface area contributed by atoms with E-state index in [2.05, 4.69) is 57.4 Å². The van der Waals surface area contributed by atoms with Crippen LogP contribution in [0.15, 0.2) is 15.2 Å². The maximum absolute atomic E-state index is 5.29. The normalized spacial score (nSPS) is 11.1. The molecule has 5 heteroatoms. The van der Waals surface area contributed by atoms with E-state index < -0.39 is 0 Å². The van der Waals surface area contributed by atoms with Crippen LogP contribution in [0.3, 0.4) is 0 Å². The SMILES string of the molecule is Cc1cscc1-c1nc(=S)c(Br)c(C(C)C)[nH]1. The zero-order valence-electron chi connectivity index (χ0n) is 9.87. The number of H-pyrrole nitrogens is 1. The van der Waals surface area contributed by atoms with Gasteiger partial charge in [-0.05, 0) is 39.7 Å². The monoisotopic (exact) mass is 328 g/mol. The van der Waals surface area contributed by atoms with E-state index in [0.717, 1.165) is 21.6 Å². The van der Waals surface area contributed by atoms with Gasteiger partial charge in [-0.15, -0.1) is 0 Å². The fraction of sp³-hybridized carbons (Fsp3) is 0.333. The molecule has 2 nitrogen and oxygen atoms in total. The standard InChI is InChI=1S/C12H13BrN2S2/c1-6(2)10-9(13)12(16)15-11(14-10)8-5-17-4-7(8)3/h4-6H,1-3H3,(H,14,15,16). The molecule has 0 radical (unpaired) electrons. The van der Waals surface area contributed by atoms with Gasteiger partial charge in [0.15, 0.2) is 0 Å². The van der Waals surface area contributed by atoms with E-state index in [1.54, 1.807) is 11.3 Å². The number of halogens is 1. The minimum Gasteiger partial charge on any atom is -0.342 e. The highest BCUT2D eigenvalue weighted by molar-refractivity contribution is 9.10. The van der Waals surface area contributed by atoms with Crippen LogP contribution in [0.1, 0.15) is 31.0 Å². The smallest absolute Gasteiger partial charge is 0.144 e. The number of nitrogens with zero attached hydrogens (tertiary/aromatic N) is 1. The van der Waals surface area contributed by atoms with Gasteiger partial charge >= 0.3 is 0 Å². The van der Waals surface area contributed by atoms with Crippen molar-refractivity contribution in [3.63, 3.8) is 0 Å². The Labute approximate surface area is 118 Å². The average molecular weight is 329 g/mol. The maximum Gasteiger partial charge on any atom is 0.144 e. The van der Waals surface area contributed by atoms with Crippen LogP contribution < -0.4 is 0 Å². The van der Waals surface area contributed by atoms with Crippen LogP contribution in [-0.2, 0) is 0 Å². The Balaban J connectivity index is 2.66. The minimum absolute atomic E-state index is 0.381. The van der Waals surface area contributed by atoms with Gasteiger partial charge < -0.3 is 4.98 Å². The zero-order valence-corrected chi connectivity index (χ0v) is 13.1. The van der Waals surface area contributed by atoms with E-state index in [-0.39, 0.29) is 0 Å². The van der Waals surface area contributed by atoms with E-state index in [1.807, 2.05) is 0 Å². The van der Waals surface area contributed by atoms with Crippen molar-refractivity contribution in [1.82, 2.24) is 9.97 Å². The van der Waals surface area contributed by atoms with E-state index in [0.29, 0.717) is 10.6 Å². The van der Waals surface area contributed by atoms with Crippen LogP contribution in [-0.4, -0.2) is 9.97 Å². The molecule has 90 valence electrons. The lowest BCUT2D eigenvalue weighted by atomic mass is 10.1. The van der Waals surface area contributed by atoms with Gasteiger partial charge in [0, 0.05) is 16.6 Å². The molecule has 2 rings (SSSR count). The first-order chi connectivity index (χ1) is 8.00. The van der Waals surface area contributed by atoms with Crippen molar-refractivity contribution in [2.45, 2.75) is 26.7 Å². The molecule has 0 saturated heterocycles. The molecule has 2 heterocycles. The molecule has 0 aliphatic carbocycles. The van der Waals surface area contributed by atoms with E-state index in [4.69, 9.17) is 12.2 Å². The first-order valence-electron chi connectivity index (χ1n) is 5.33. The van der Waals surface area contributed by atoms with Gasteiger partial charge in [0.1, 0.15) is 10.5 Å². The molecule has 0 aliphatic rings. The molecule has 0 fully saturated rings. The lowest BCUT2D eigenvalue weighted by molar-refractivity contribution is 0.807. The Kier molecular flexibility index (Phi) is 3.80. The molecule has 1 N–H and O–H groups in total. The largest absolute Gasteiger partial charge is 0.342 e. The zero-order chi connectivity index (χ0) is 12.6. The lowest BCUT2D eigenvalue weighted by Gasteiger charge is -2.11. The first kappa shape index (κ1) is 12.9. The van der Waals surface area contributed by atoms with Gasteiger partial charge in [-0.3, -0.25) is 0 Å². The van der Waals surface area contributed by atoms with Crippen LogP contribution in [0.2, 0.25) is 0 Å². The topological polar surface area (TPSA) is 28.7 Å². The Morgan fingerprint density at radius 2 is 2.12 bits per heavy atom. The molecule has 0 aliphatic heterocycles. The summed E-state index contributed by atoms with van der Waals surface area (Å²) in [6, 6.07) is 0. The van der Waals surface area contributed by atoms with Gasteiger partial charge in [-0.25, -0.2) is 4.98 Å². The van der Waals surface area contributed by atoms with Crippen molar-refractivity contribution in [3.8, 4) is 11.4 Å². The Morgan fingerprint density at radius 1 is 1.41 bits per heavy atom. The van der Waals surface area contributed by atoms with Crippen molar-refractivity contribution < 1.29 is 0 Å². The van der Waals surface area contributed by atoms with Crippen molar-refractivity contribution in [2.75, 3.05) is 0 Å². The second-order valence-electron chi connectivity index (χ2n) is 4.24. The molecule has 2 aromatic heterocycles. The van der Waals surface area contributed by atoms with Gasteiger partial charge in [0.25, 0.3) is 0 Å². The number of aromatic nitrogens is 2. The Hall–Kier alpha value is -0.520. The maximum atomic E-state index is 5.29. The number of aromatic amines is 1. The van der Waals surface area contributed by atoms with Gasteiger partial charge in [0.2, 0.25) is 0 Å². The van der Waals surface area contributed by atoms with Crippen LogP contribution in [0.4, 0.5) is 0 Å². The van der Waals surface area contributed by atoms with Crippen molar-refractivity contribution in [3.05, 3.63) is 31.1 Å². The lowest BCUT2D eigenvalue weighted by Crippen LogP contribution is -2.00. The number of hydrogen-bond acceptors (Lipinski definition) is 3. The summed E-state index contributed by atoms with van der Waals surface area (Å²) in [7, 11) is 0.